The number of carbonyl (C=O) groups excluding carboxylic acids is 1. The van der Waals surface area contributed by atoms with Crippen LogP contribution in [0.3, 0.4) is 0 Å². The van der Waals surface area contributed by atoms with Gasteiger partial charge in [-0.05, 0) is 54.3 Å². The Morgan fingerprint density at radius 2 is 1.72 bits per heavy atom. The molecule has 7 heteroatoms. The van der Waals surface area contributed by atoms with Gasteiger partial charge in [-0.3, -0.25) is 4.79 Å². The number of methoxy groups -OCH3 is 1. The van der Waals surface area contributed by atoms with Crippen LogP contribution in [0.25, 0.3) is 11.5 Å². The Balaban J connectivity index is 1.62. The van der Waals surface area contributed by atoms with Crippen molar-refractivity contribution >= 4 is 23.4 Å². The number of hydrogen-bond donors (Lipinski definition) is 1. The first-order valence-electron chi connectivity index (χ1n) is 9.32. The Morgan fingerprint density at radius 1 is 1.07 bits per heavy atom. The molecule has 0 saturated heterocycles. The van der Waals surface area contributed by atoms with Crippen LogP contribution >= 0.6 is 11.8 Å². The van der Waals surface area contributed by atoms with E-state index >= 15 is 0 Å². The summed E-state index contributed by atoms with van der Waals surface area (Å²) < 4.78 is 10.9. The van der Waals surface area contributed by atoms with E-state index in [0.29, 0.717) is 16.8 Å². The number of benzene rings is 2. The monoisotopic (exact) mass is 411 g/mol. The highest BCUT2D eigenvalue weighted by atomic mass is 32.2. The minimum Gasteiger partial charge on any atom is -0.497 e. The molecular weight excluding hydrogens is 386 g/mol. The molecule has 3 aromatic rings. The topological polar surface area (TPSA) is 77.2 Å². The predicted molar refractivity (Wildman–Crippen MR) is 115 cm³/mol. The van der Waals surface area contributed by atoms with Gasteiger partial charge in [0.25, 0.3) is 5.22 Å². The number of carbonyl (C=O) groups is 1. The van der Waals surface area contributed by atoms with Gasteiger partial charge in [0.1, 0.15) is 5.75 Å². The number of rotatable bonds is 6. The lowest BCUT2D eigenvalue weighted by molar-refractivity contribution is -0.115. The predicted octanol–water partition coefficient (Wildman–Crippen LogP) is 5.16. The molecule has 0 spiro atoms. The molecule has 29 heavy (non-hydrogen) atoms. The highest BCUT2D eigenvalue weighted by Crippen LogP contribution is 2.29. The summed E-state index contributed by atoms with van der Waals surface area (Å²) in [5.41, 5.74) is 2.88. The highest BCUT2D eigenvalue weighted by Gasteiger charge is 2.19. The molecule has 0 aliphatic heterocycles. The van der Waals surface area contributed by atoms with E-state index in [1.54, 1.807) is 38.3 Å². The molecule has 1 heterocycles. The van der Waals surface area contributed by atoms with Crippen LogP contribution in [-0.2, 0) is 10.2 Å². The molecule has 6 nitrogen and oxygen atoms in total. The molecule has 0 aliphatic carbocycles. The molecule has 1 aromatic heterocycles. The Labute approximate surface area is 175 Å². The summed E-state index contributed by atoms with van der Waals surface area (Å²) in [5, 5.41) is 11.0. The molecule has 1 atom stereocenters. The number of thioether (sulfide) groups is 1. The molecule has 152 valence electrons. The van der Waals surface area contributed by atoms with Crippen molar-refractivity contribution in [2.24, 2.45) is 0 Å². The number of nitrogens with zero attached hydrogens (tertiary/aromatic N) is 2. The summed E-state index contributed by atoms with van der Waals surface area (Å²) in [6, 6.07) is 15.3. The SMILES string of the molecule is COc1ccc(NC(=O)[C@H](C)Sc2nnc(-c3ccc(C(C)(C)C)cc3)o2)cc1. The maximum absolute atomic E-state index is 12.4. The van der Waals surface area contributed by atoms with Gasteiger partial charge in [0, 0.05) is 11.3 Å². The fraction of sp³-hybridized carbons (Fsp3) is 0.318. The van der Waals surface area contributed by atoms with E-state index < -0.39 is 5.25 Å². The van der Waals surface area contributed by atoms with Crippen LogP contribution in [0.15, 0.2) is 58.2 Å². The molecule has 0 aliphatic rings. The first kappa shape index (κ1) is 20.9. The van der Waals surface area contributed by atoms with E-state index in [1.165, 1.54) is 17.3 Å². The first-order chi connectivity index (χ1) is 13.8. The van der Waals surface area contributed by atoms with Crippen molar-refractivity contribution in [1.29, 1.82) is 0 Å². The number of aromatic nitrogens is 2. The van der Waals surface area contributed by atoms with Crippen molar-refractivity contribution < 1.29 is 13.9 Å². The van der Waals surface area contributed by atoms with Gasteiger partial charge in [-0.25, -0.2) is 0 Å². The van der Waals surface area contributed by atoms with Crippen molar-refractivity contribution in [2.45, 2.75) is 43.6 Å². The minimum absolute atomic E-state index is 0.0844. The number of nitrogens with one attached hydrogen (secondary N) is 1. The van der Waals surface area contributed by atoms with Crippen LogP contribution in [0.1, 0.15) is 33.3 Å². The molecule has 0 bridgehead atoms. The van der Waals surface area contributed by atoms with Crippen molar-refractivity contribution in [3.63, 3.8) is 0 Å². The zero-order valence-corrected chi connectivity index (χ0v) is 18.0. The lowest BCUT2D eigenvalue weighted by atomic mass is 9.87. The fourth-order valence-corrected chi connectivity index (χ4v) is 3.29. The van der Waals surface area contributed by atoms with Gasteiger partial charge in [-0.2, -0.15) is 0 Å². The maximum Gasteiger partial charge on any atom is 0.277 e. The molecule has 2 aromatic carbocycles. The molecule has 1 amide bonds. The maximum atomic E-state index is 12.4. The number of anilines is 1. The molecule has 0 fully saturated rings. The van der Waals surface area contributed by atoms with Gasteiger partial charge in [-0.1, -0.05) is 44.7 Å². The smallest absolute Gasteiger partial charge is 0.277 e. The third kappa shape index (κ3) is 5.38. The summed E-state index contributed by atoms with van der Waals surface area (Å²) in [7, 11) is 1.60. The molecule has 0 unspecified atom stereocenters. The van der Waals surface area contributed by atoms with E-state index in [9.17, 15) is 4.79 Å². The zero-order chi connectivity index (χ0) is 21.0. The van der Waals surface area contributed by atoms with E-state index in [-0.39, 0.29) is 11.3 Å². The average Bonchev–Trinajstić information content (AvgIpc) is 3.16. The van der Waals surface area contributed by atoms with Gasteiger partial charge in [0.15, 0.2) is 0 Å². The summed E-state index contributed by atoms with van der Waals surface area (Å²) in [6.45, 7) is 8.30. The van der Waals surface area contributed by atoms with Crippen LogP contribution < -0.4 is 10.1 Å². The van der Waals surface area contributed by atoms with Gasteiger partial charge in [0.05, 0.1) is 12.4 Å². The van der Waals surface area contributed by atoms with E-state index in [1.807, 2.05) is 12.1 Å². The normalized spacial score (nSPS) is 12.4. The second-order valence-corrected chi connectivity index (χ2v) is 8.97. The average molecular weight is 412 g/mol. The van der Waals surface area contributed by atoms with Crippen molar-refractivity contribution in [1.82, 2.24) is 10.2 Å². The fourth-order valence-electron chi connectivity index (χ4n) is 2.61. The third-order valence-corrected chi connectivity index (χ3v) is 5.34. The Morgan fingerprint density at radius 3 is 2.31 bits per heavy atom. The Kier molecular flexibility index (Phi) is 6.27. The van der Waals surface area contributed by atoms with E-state index in [0.717, 1.165) is 11.3 Å². The molecular formula is C22H25N3O3S. The largest absolute Gasteiger partial charge is 0.497 e. The Bertz CT molecular complexity index is 960. The molecule has 0 radical (unpaired) electrons. The summed E-state index contributed by atoms with van der Waals surface area (Å²) in [6.07, 6.45) is 0. The van der Waals surface area contributed by atoms with Crippen LogP contribution in [0.5, 0.6) is 5.75 Å². The number of ether oxygens (including phenoxy) is 1. The summed E-state index contributed by atoms with van der Waals surface area (Å²) in [4.78, 5) is 12.4. The van der Waals surface area contributed by atoms with Crippen LogP contribution in [0.2, 0.25) is 0 Å². The Hall–Kier alpha value is -2.80. The number of hydrogen-bond acceptors (Lipinski definition) is 6. The van der Waals surface area contributed by atoms with Gasteiger partial charge < -0.3 is 14.5 Å². The van der Waals surface area contributed by atoms with Crippen LogP contribution in [0.4, 0.5) is 5.69 Å². The van der Waals surface area contributed by atoms with E-state index in [4.69, 9.17) is 9.15 Å². The van der Waals surface area contributed by atoms with E-state index in [2.05, 4.69) is 48.4 Å². The quantitative estimate of drug-likeness (QED) is 0.565. The van der Waals surface area contributed by atoms with Crippen molar-refractivity contribution in [2.75, 3.05) is 12.4 Å². The van der Waals surface area contributed by atoms with Crippen molar-refractivity contribution in [3.8, 4) is 17.2 Å². The van der Waals surface area contributed by atoms with Crippen LogP contribution in [0, 0.1) is 0 Å². The molecule has 0 saturated carbocycles. The highest BCUT2D eigenvalue weighted by molar-refractivity contribution is 8.00. The molecule has 1 N–H and O–H groups in total. The first-order valence-corrected chi connectivity index (χ1v) is 10.2. The molecule has 3 rings (SSSR count). The van der Waals surface area contributed by atoms with Crippen LogP contribution in [-0.4, -0.2) is 28.5 Å². The lowest BCUT2D eigenvalue weighted by Gasteiger charge is -2.18. The standard InChI is InChI=1S/C22H25N3O3S/c1-14(19(26)23-17-10-12-18(27-5)13-11-17)29-21-25-24-20(28-21)15-6-8-16(9-7-15)22(2,3)4/h6-14H,1-5H3,(H,23,26)/t14-/m0/s1. The second kappa shape index (κ2) is 8.69. The second-order valence-electron chi connectivity index (χ2n) is 7.68. The van der Waals surface area contributed by atoms with Crippen molar-refractivity contribution in [3.05, 3.63) is 54.1 Å². The lowest BCUT2D eigenvalue weighted by Crippen LogP contribution is -2.22. The number of amides is 1. The summed E-state index contributed by atoms with van der Waals surface area (Å²) >= 11 is 1.22. The summed E-state index contributed by atoms with van der Waals surface area (Å²) in [5.74, 6) is 1.03. The third-order valence-electron chi connectivity index (χ3n) is 4.41. The van der Waals surface area contributed by atoms with Gasteiger partial charge in [-0.15, -0.1) is 10.2 Å². The minimum atomic E-state index is -0.395. The zero-order valence-electron chi connectivity index (χ0n) is 17.2. The van der Waals surface area contributed by atoms with Gasteiger partial charge >= 0.3 is 0 Å². The van der Waals surface area contributed by atoms with Gasteiger partial charge in [0.2, 0.25) is 11.8 Å².